The Morgan fingerprint density at radius 2 is 0.844 bits per heavy atom. The molecule has 0 N–H and O–H groups in total. The summed E-state index contributed by atoms with van der Waals surface area (Å²) in [5.74, 6) is 0. The number of nitrogens with zero attached hydrogens (tertiary/aromatic N) is 2. The molecule has 0 unspecified atom stereocenters. The van der Waals surface area contributed by atoms with E-state index >= 15 is 0 Å². The van der Waals surface area contributed by atoms with E-state index in [1.54, 1.807) is 0 Å². The molecule has 0 amide bonds. The van der Waals surface area contributed by atoms with Gasteiger partial charge in [-0.05, 0) is 127 Å². The van der Waals surface area contributed by atoms with Crippen molar-refractivity contribution in [3.8, 4) is 50.2 Å². The average molecular weight is 815 g/mol. The number of aromatic nitrogens is 1. The van der Waals surface area contributed by atoms with Crippen LogP contribution in [0.5, 0.6) is 0 Å². The van der Waals surface area contributed by atoms with Gasteiger partial charge in [-0.1, -0.05) is 188 Å². The van der Waals surface area contributed by atoms with Crippen molar-refractivity contribution in [2.24, 2.45) is 0 Å². The number of fused-ring (bicyclic) bond motifs is 5. The molecule has 11 aromatic carbocycles. The lowest BCUT2D eigenvalue weighted by atomic mass is 9.93. The summed E-state index contributed by atoms with van der Waals surface area (Å²) in [5, 5.41) is 7.48. The minimum atomic E-state index is 1.08. The van der Waals surface area contributed by atoms with Crippen molar-refractivity contribution in [3.63, 3.8) is 0 Å². The molecule has 0 radical (unpaired) electrons. The Morgan fingerprint density at radius 1 is 0.266 bits per heavy atom. The Hall–Kier alpha value is -8.46. The topological polar surface area (TPSA) is 8.17 Å². The first-order chi connectivity index (χ1) is 31.7. The van der Waals surface area contributed by atoms with E-state index in [0.717, 1.165) is 45.0 Å². The molecule has 1 heterocycles. The molecule has 12 aromatic rings. The largest absolute Gasteiger partial charge is 0.310 e. The third-order valence-corrected chi connectivity index (χ3v) is 12.7. The summed E-state index contributed by atoms with van der Waals surface area (Å²) in [7, 11) is 0. The molecule has 0 saturated carbocycles. The van der Waals surface area contributed by atoms with Gasteiger partial charge < -0.3 is 9.47 Å². The van der Waals surface area contributed by atoms with E-state index in [4.69, 9.17) is 0 Å². The number of hydrogen-bond acceptors (Lipinski definition) is 1. The lowest BCUT2D eigenvalue weighted by molar-refractivity contribution is 1.18. The quantitative estimate of drug-likeness (QED) is 0.148. The van der Waals surface area contributed by atoms with Crippen molar-refractivity contribution < 1.29 is 0 Å². The zero-order chi connectivity index (χ0) is 42.4. The summed E-state index contributed by atoms with van der Waals surface area (Å²) in [5.41, 5.74) is 16.2. The summed E-state index contributed by atoms with van der Waals surface area (Å²) in [4.78, 5) is 2.43. The second-order valence-corrected chi connectivity index (χ2v) is 16.5. The second-order valence-electron chi connectivity index (χ2n) is 16.5. The molecule has 0 bridgehead atoms. The molecule has 2 nitrogen and oxygen atoms in total. The molecule has 0 atom stereocenters. The van der Waals surface area contributed by atoms with E-state index < -0.39 is 0 Å². The summed E-state index contributed by atoms with van der Waals surface area (Å²) < 4.78 is 2.43. The molecule has 300 valence electrons. The lowest BCUT2D eigenvalue weighted by Gasteiger charge is -2.29. The van der Waals surface area contributed by atoms with E-state index in [1.165, 1.54) is 65.6 Å². The molecule has 1 aromatic heterocycles. The van der Waals surface area contributed by atoms with Crippen molar-refractivity contribution in [2.45, 2.75) is 0 Å². The van der Waals surface area contributed by atoms with E-state index in [2.05, 4.69) is 264 Å². The highest BCUT2D eigenvalue weighted by Crippen LogP contribution is 2.45. The fourth-order valence-corrected chi connectivity index (χ4v) is 9.67. The Morgan fingerprint density at radius 3 is 1.64 bits per heavy atom. The van der Waals surface area contributed by atoms with Gasteiger partial charge >= 0.3 is 0 Å². The zero-order valence-corrected chi connectivity index (χ0v) is 35.1. The number of benzene rings is 11. The standard InChI is InChI=1S/C62H42N2/c1-3-16-43(17-4-1)44-32-35-52(36-33-44)63(61-37-34-51(41-58(61)46-18-5-2-6-19-46)56-30-15-23-45-20-9-10-28-55(45)56)53-26-13-24-47(38-53)48-25-14-27-54(39-48)64-60-31-12-11-29-57(60)59-40-49-21-7-8-22-50(49)42-62(59)64/h1-42H. The van der Waals surface area contributed by atoms with Gasteiger partial charge in [0.05, 0.1) is 16.7 Å². The van der Waals surface area contributed by atoms with Crippen LogP contribution in [0.25, 0.3) is 93.5 Å². The van der Waals surface area contributed by atoms with Crippen molar-refractivity contribution >= 4 is 60.4 Å². The fraction of sp³-hybridized carbons (Fsp3) is 0. The Bertz CT molecular complexity index is 3650. The first-order valence-corrected chi connectivity index (χ1v) is 22.0. The molecule has 0 aliphatic heterocycles. The molecule has 0 aliphatic carbocycles. The Balaban J connectivity index is 1.03. The molecule has 0 fully saturated rings. The van der Waals surface area contributed by atoms with Gasteiger partial charge in [0.25, 0.3) is 0 Å². The lowest BCUT2D eigenvalue weighted by Crippen LogP contribution is -2.11. The smallest absolute Gasteiger partial charge is 0.0547 e. The highest BCUT2D eigenvalue weighted by atomic mass is 15.1. The van der Waals surface area contributed by atoms with Crippen LogP contribution in [-0.4, -0.2) is 4.57 Å². The van der Waals surface area contributed by atoms with Crippen LogP contribution in [0.4, 0.5) is 17.1 Å². The van der Waals surface area contributed by atoms with Gasteiger partial charge in [0.2, 0.25) is 0 Å². The highest BCUT2D eigenvalue weighted by molar-refractivity contribution is 6.13. The van der Waals surface area contributed by atoms with Crippen molar-refractivity contribution in [2.75, 3.05) is 4.90 Å². The summed E-state index contributed by atoms with van der Waals surface area (Å²) in [6, 6.07) is 92.8. The van der Waals surface area contributed by atoms with Crippen LogP contribution in [0.2, 0.25) is 0 Å². The van der Waals surface area contributed by atoms with E-state index in [1.807, 2.05) is 0 Å². The van der Waals surface area contributed by atoms with Crippen LogP contribution >= 0.6 is 0 Å². The minimum absolute atomic E-state index is 1.08. The number of hydrogen-bond donors (Lipinski definition) is 0. The van der Waals surface area contributed by atoms with Gasteiger partial charge in [0, 0.05) is 33.4 Å². The molecule has 0 spiro atoms. The van der Waals surface area contributed by atoms with Gasteiger partial charge in [0.1, 0.15) is 0 Å². The van der Waals surface area contributed by atoms with Crippen LogP contribution in [-0.2, 0) is 0 Å². The SMILES string of the molecule is c1ccc(-c2ccc(N(c3cccc(-c4cccc(-n5c6ccccc6c6cc7ccccc7cc65)c4)c3)c3ccc(-c4cccc5ccccc45)cc3-c3ccccc3)cc2)cc1. The third kappa shape index (κ3) is 6.61. The average Bonchev–Trinajstić information content (AvgIpc) is 3.69. The van der Waals surface area contributed by atoms with Crippen molar-refractivity contribution in [1.29, 1.82) is 0 Å². The monoisotopic (exact) mass is 814 g/mol. The Kier molecular flexibility index (Phi) is 9.20. The molecule has 64 heavy (non-hydrogen) atoms. The van der Waals surface area contributed by atoms with Gasteiger partial charge in [0.15, 0.2) is 0 Å². The van der Waals surface area contributed by atoms with E-state index in [-0.39, 0.29) is 0 Å². The molecule has 12 rings (SSSR count). The molecule has 0 saturated heterocycles. The number of para-hydroxylation sites is 1. The molecule has 2 heteroatoms. The van der Waals surface area contributed by atoms with Crippen molar-refractivity contribution in [1.82, 2.24) is 4.57 Å². The van der Waals surface area contributed by atoms with Crippen LogP contribution in [0.3, 0.4) is 0 Å². The maximum absolute atomic E-state index is 2.43. The maximum atomic E-state index is 2.43. The van der Waals surface area contributed by atoms with Gasteiger partial charge in [-0.3, -0.25) is 0 Å². The summed E-state index contributed by atoms with van der Waals surface area (Å²) in [6.45, 7) is 0. The van der Waals surface area contributed by atoms with Crippen LogP contribution in [0, 0.1) is 0 Å². The molecule has 0 aliphatic rings. The van der Waals surface area contributed by atoms with Crippen LogP contribution in [0.1, 0.15) is 0 Å². The van der Waals surface area contributed by atoms with Gasteiger partial charge in [-0.15, -0.1) is 0 Å². The van der Waals surface area contributed by atoms with Gasteiger partial charge in [-0.2, -0.15) is 0 Å². The van der Waals surface area contributed by atoms with Crippen molar-refractivity contribution in [3.05, 3.63) is 255 Å². The van der Waals surface area contributed by atoms with Crippen LogP contribution < -0.4 is 4.90 Å². The normalized spacial score (nSPS) is 11.4. The predicted molar refractivity (Wildman–Crippen MR) is 272 cm³/mol. The number of rotatable bonds is 8. The molecular formula is C62H42N2. The zero-order valence-electron chi connectivity index (χ0n) is 35.1. The Labute approximate surface area is 373 Å². The van der Waals surface area contributed by atoms with Crippen LogP contribution in [0.15, 0.2) is 255 Å². The third-order valence-electron chi connectivity index (χ3n) is 12.7. The fourth-order valence-electron chi connectivity index (χ4n) is 9.67. The predicted octanol–water partition coefficient (Wildman–Crippen LogP) is 17.2. The summed E-state index contributed by atoms with van der Waals surface area (Å²) >= 11 is 0. The molecular weight excluding hydrogens is 773 g/mol. The maximum Gasteiger partial charge on any atom is 0.0547 e. The number of anilines is 3. The van der Waals surface area contributed by atoms with Gasteiger partial charge in [-0.25, -0.2) is 0 Å². The minimum Gasteiger partial charge on any atom is -0.310 e. The van der Waals surface area contributed by atoms with E-state index in [0.29, 0.717) is 0 Å². The second kappa shape index (κ2) is 15.8. The first-order valence-electron chi connectivity index (χ1n) is 22.0. The highest BCUT2D eigenvalue weighted by Gasteiger charge is 2.20. The first kappa shape index (κ1) is 37.3. The van der Waals surface area contributed by atoms with E-state index in [9.17, 15) is 0 Å². The summed E-state index contributed by atoms with van der Waals surface area (Å²) in [6.07, 6.45) is 0.